The van der Waals surface area contributed by atoms with E-state index in [-0.39, 0.29) is 30.7 Å². The summed E-state index contributed by atoms with van der Waals surface area (Å²) in [7, 11) is 1.63. The number of amides is 2. The van der Waals surface area contributed by atoms with E-state index in [1.54, 1.807) is 12.0 Å². The molecule has 0 aliphatic carbocycles. The van der Waals surface area contributed by atoms with Crippen molar-refractivity contribution in [2.75, 3.05) is 7.11 Å². The molecule has 0 heterocycles. The van der Waals surface area contributed by atoms with Crippen molar-refractivity contribution in [3.8, 4) is 5.75 Å². The first kappa shape index (κ1) is 29.6. The van der Waals surface area contributed by atoms with Crippen LogP contribution in [0.1, 0.15) is 55.4 Å². The summed E-state index contributed by atoms with van der Waals surface area (Å²) in [5, 5.41) is 3.14. The van der Waals surface area contributed by atoms with Crippen molar-refractivity contribution < 1.29 is 14.3 Å². The normalized spacial score (nSPS) is 12.0. The summed E-state index contributed by atoms with van der Waals surface area (Å²) in [6.07, 6.45) is 0.631. The second-order valence-corrected chi connectivity index (χ2v) is 11.4. The van der Waals surface area contributed by atoms with E-state index in [9.17, 15) is 9.59 Å². The van der Waals surface area contributed by atoms with E-state index in [1.165, 1.54) is 0 Å². The molecule has 1 N–H and O–H groups in total. The molecule has 5 heteroatoms. The van der Waals surface area contributed by atoms with Crippen LogP contribution in [-0.2, 0) is 22.6 Å². The largest absolute Gasteiger partial charge is 0.497 e. The van der Waals surface area contributed by atoms with E-state index in [2.05, 4.69) is 29.6 Å². The Bertz CT molecular complexity index is 1360. The van der Waals surface area contributed by atoms with E-state index in [1.807, 2.05) is 112 Å². The third-order valence-corrected chi connectivity index (χ3v) is 7.04. The molecule has 5 nitrogen and oxygen atoms in total. The van der Waals surface area contributed by atoms with Crippen LogP contribution in [-0.4, -0.2) is 35.4 Å². The van der Waals surface area contributed by atoms with E-state index in [4.69, 9.17) is 4.74 Å². The number of nitrogens with one attached hydrogen (secondary N) is 1. The van der Waals surface area contributed by atoms with Gasteiger partial charge in [-0.1, -0.05) is 103 Å². The average Bonchev–Trinajstić information content (AvgIpc) is 2.98. The third kappa shape index (κ3) is 8.55. The van der Waals surface area contributed by atoms with Crippen molar-refractivity contribution in [2.45, 2.75) is 57.7 Å². The molecule has 41 heavy (non-hydrogen) atoms. The third-order valence-electron chi connectivity index (χ3n) is 7.04. The number of hydrogen-bond acceptors (Lipinski definition) is 3. The SMILES string of the molecule is COc1cccc(CN(C(=O)CC(c2ccccc2)c2ccccc2)[C@@H](Cc2ccccc2)C(=O)NC(C)(C)C)c1. The Morgan fingerprint density at radius 1 is 0.756 bits per heavy atom. The van der Waals surface area contributed by atoms with Crippen LogP contribution in [0.3, 0.4) is 0 Å². The highest BCUT2D eigenvalue weighted by molar-refractivity contribution is 5.89. The maximum atomic E-state index is 14.5. The van der Waals surface area contributed by atoms with Gasteiger partial charge in [0.15, 0.2) is 0 Å². The summed E-state index contributed by atoms with van der Waals surface area (Å²) in [5.74, 6) is 0.296. The zero-order valence-corrected chi connectivity index (χ0v) is 24.4. The average molecular weight is 549 g/mol. The summed E-state index contributed by atoms with van der Waals surface area (Å²) in [6.45, 7) is 6.15. The van der Waals surface area contributed by atoms with Crippen LogP contribution in [0.2, 0.25) is 0 Å². The van der Waals surface area contributed by atoms with E-state index >= 15 is 0 Å². The van der Waals surface area contributed by atoms with Gasteiger partial charge in [-0.15, -0.1) is 0 Å². The van der Waals surface area contributed by atoms with Crippen LogP contribution in [0.5, 0.6) is 5.75 Å². The van der Waals surface area contributed by atoms with Crippen molar-refractivity contribution in [1.29, 1.82) is 0 Å². The molecule has 212 valence electrons. The molecule has 2 amide bonds. The molecule has 0 spiro atoms. The molecule has 0 radical (unpaired) electrons. The molecule has 4 aromatic carbocycles. The van der Waals surface area contributed by atoms with Crippen LogP contribution < -0.4 is 10.1 Å². The molecule has 0 saturated heterocycles. The van der Waals surface area contributed by atoms with Gasteiger partial charge >= 0.3 is 0 Å². The molecule has 0 bridgehead atoms. The van der Waals surface area contributed by atoms with Crippen LogP contribution in [0.4, 0.5) is 0 Å². The van der Waals surface area contributed by atoms with Gasteiger partial charge in [-0.2, -0.15) is 0 Å². The van der Waals surface area contributed by atoms with Gasteiger partial charge in [0.25, 0.3) is 0 Å². The maximum absolute atomic E-state index is 14.5. The highest BCUT2D eigenvalue weighted by atomic mass is 16.5. The fourth-order valence-corrected chi connectivity index (χ4v) is 5.07. The molecule has 4 rings (SSSR count). The Morgan fingerprint density at radius 3 is 1.83 bits per heavy atom. The Kier molecular flexibility index (Phi) is 9.96. The Labute approximate surface area is 244 Å². The van der Waals surface area contributed by atoms with Crippen molar-refractivity contribution in [3.63, 3.8) is 0 Å². The monoisotopic (exact) mass is 548 g/mol. The molecule has 0 aliphatic heterocycles. The van der Waals surface area contributed by atoms with Gasteiger partial charge in [0.2, 0.25) is 11.8 Å². The van der Waals surface area contributed by atoms with Crippen LogP contribution in [0.25, 0.3) is 0 Å². The molecule has 0 saturated carbocycles. The topological polar surface area (TPSA) is 58.6 Å². The van der Waals surface area contributed by atoms with Crippen molar-refractivity contribution in [3.05, 3.63) is 138 Å². The lowest BCUT2D eigenvalue weighted by Gasteiger charge is -2.35. The molecule has 0 unspecified atom stereocenters. The minimum atomic E-state index is -0.706. The fourth-order valence-electron chi connectivity index (χ4n) is 5.07. The molecule has 4 aromatic rings. The first-order chi connectivity index (χ1) is 19.7. The second-order valence-electron chi connectivity index (χ2n) is 11.4. The number of hydrogen-bond donors (Lipinski definition) is 1. The zero-order chi connectivity index (χ0) is 29.2. The quantitative estimate of drug-likeness (QED) is 0.225. The number of methoxy groups -OCH3 is 1. The minimum absolute atomic E-state index is 0.0875. The Morgan fingerprint density at radius 2 is 1.29 bits per heavy atom. The van der Waals surface area contributed by atoms with Gasteiger partial charge in [0.05, 0.1) is 7.11 Å². The Hall–Kier alpha value is -4.38. The molecular weight excluding hydrogens is 508 g/mol. The lowest BCUT2D eigenvalue weighted by Crippen LogP contribution is -2.54. The summed E-state index contributed by atoms with van der Waals surface area (Å²) in [6, 6.07) is 37.1. The van der Waals surface area contributed by atoms with Crippen molar-refractivity contribution >= 4 is 11.8 Å². The number of ether oxygens (including phenoxy) is 1. The maximum Gasteiger partial charge on any atom is 0.243 e. The molecule has 0 aliphatic rings. The van der Waals surface area contributed by atoms with E-state index in [0.717, 1.165) is 22.3 Å². The lowest BCUT2D eigenvalue weighted by atomic mass is 9.87. The summed E-state index contributed by atoms with van der Waals surface area (Å²) in [5.41, 5.74) is 3.56. The summed E-state index contributed by atoms with van der Waals surface area (Å²) >= 11 is 0. The second kappa shape index (κ2) is 13.8. The number of nitrogens with zero attached hydrogens (tertiary/aromatic N) is 1. The van der Waals surface area contributed by atoms with Gasteiger partial charge in [-0.25, -0.2) is 0 Å². The lowest BCUT2D eigenvalue weighted by molar-refractivity contribution is -0.142. The fraction of sp³-hybridized carbons (Fsp3) is 0.278. The standard InChI is InChI=1S/C36H40N2O3/c1-36(2,3)37-35(40)33(24-27-15-8-5-9-16-27)38(26-28-17-14-22-31(23-28)41-4)34(39)25-32(29-18-10-6-11-19-29)30-20-12-7-13-21-30/h5-23,32-33H,24-26H2,1-4H3,(H,37,40)/t33-/m0/s1. The molecule has 0 aromatic heterocycles. The van der Waals surface area contributed by atoms with Crippen LogP contribution >= 0.6 is 0 Å². The van der Waals surface area contributed by atoms with E-state index in [0.29, 0.717) is 12.2 Å². The van der Waals surface area contributed by atoms with Crippen molar-refractivity contribution in [2.24, 2.45) is 0 Å². The Balaban J connectivity index is 1.76. The van der Waals surface area contributed by atoms with Gasteiger partial charge in [-0.3, -0.25) is 9.59 Å². The van der Waals surface area contributed by atoms with Gasteiger partial charge in [-0.05, 0) is 55.2 Å². The number of benzene rings is 4. The van der Waals surface area contributed by atoms with Gasteiger partial charge in [0.1, 0.15) is 11.8 Å². The molecular formula is C36H40N2O3. The first-order valence-corrected chi connectivity index (χ1v) is 14.1. The van der Waals surface area contributed by atoms with E-state index < -0.39 is 11.6 Å². The molecule has 0 fully saturated rings. The minimum Gasteiger partial charge on any atom is -0.497 e. The number of rotatable bonds is 11. The van der Waals surface area contributed by atoms with Crippen molar-refractivity contribution in [1.82, 2.24) is 10.2 Å². The first-order valence-electron chi connectivity index (χ1n) is 14.1. The number of carbonyl (C=O) groups is 2. The highest BCUT2D eigenvalue weighted by Crippen LogP contribution is 2.30. The molecule has 1 atom stereocenters. The smallest absolute Gasteiger partial charge is 0.243 e. The summed E-state index contributed by atoms with van der Waals surface area (Å²) < 4.78 is 5.46. The van der Waals surface area contributed by atoms with Crippen LogP contribution in [0, 0.1) is 0 Å². The van der Waals surface area contributed by atoms with Gasteiger partial charge in [0, 0.05) is 30.8 Å². The predicted molar refractivity (Wildman–Crippen MR) is 165 cm³/mol. The van der Waals surface area contributed by atoms with Crippen LogP contribution in [0.15, 0.2) is 115 Å². The zero-order valence-electron chi connectivity index (χ0n) is 24.4. The predicted octanol–water partition coefficient (Wildman–Crippen LogP) is 6.77. The summed E-state index contributed by atoms with van der Waals surface area (Å²) in [4.78, 5) is 30.1. The highest BCUT2D eigenvalue weighted by Gasteiger charge is 2.33. The number of carbonyl (C=O) groups excluding carboxylic acids is 2. The van der Waals surface area contributed by atoms with Gasteiger partial charge < -0.3 is 15.0 Å².